The van der Waals surface area contributed by atoms with Gasteiger partial charge in [0, 0.05) is 6.08 Å². The summed E-state index contributed by atoms with van der Waals surface area (Å²) in [6.07, 6.45) is 9.02. The number of hydrogen-bond acceptors (Lipinski definition) is 1. The van der Waals surface area contributed by atoms with Gasteiger partial charge in [0.15, 0.2) is 0 Å². The maximum absolute atomic E-state index is 10.5. The Morgan fingerprint density at radius 1 is 1.50 bits per heavy atom. The molecule has 1 unspecified atom stereocenters. The molecule has 1 aliphatic carbocycles. The van der Waals surface area contributed by atoms with Crippen LogP contribution in [0.3, 0.4) is 0 Å². The summed E-state index contributed by atoms with van der Waals surface area (Å²) in [5.41, 5.74) is 3.49. The maximum Gasteiger partial charge on any atom is 0.327 e. The van der Waals surface area contributed by atoms with Crippen molar-refractivity contribution >= 4 is 5.97 Å². The second-order valence-corrected chi connectivity index (χ2v) is 6.21. The summed E-state index contributed by atoms with van der Waals surface area (Å²) < 4.78 is 0. The number of allylic oxidation sites excluding steroid dienone is 3. The van der Waals surface area contributed by atoms with Crippen LogP contribution in [0.4, 0.5) is 0 Å². The normalized spacial score (nSPS) is 21.3. The fourth-order valence-electron chi connectivity index (χ4n) is 2.94. The van der Waals surface area contributed by atoms with Gasteiger partial charge in [-0.1, -0.05) is 38.0 Å². The highest BCUT2D eigenvalue weighted by atomic mass is 16.4. The van der Waals surface area contributed by atoms with E-state index >= 15 is 0 Å². The van der Waals surface area contributed by atoms with Crippen LogP contribution in [0.2, 0.25) is 0 Å². The van der Waals surface area contributed by atoms with E-state index in [-0.39, 0.29) is 0 Å². The second kappa shape index (κ2) is 6.21. The first-order chi connectivity index (χ1) is 8.33. The lowest BCUT2D eigenvalue weighted by molar-refractivity contribution is -0.131. The van der Waals surface area contributed by atoms with Gasteiger partial charge < -0.3 is 5.11 Å². The highest BCUT2D eigenvalue weighted by Gasteiger charge is 2.27. The molecule has 0 spiro atoms. The van der Waals surface area contributed by atoms with Crippen molar-refractivity contribution in [3.8, 4) is 0 Å². The number of carbonyl (C=O) groups is 1. The molecule has 18 heavy (non-hydrogen) atoms. The fraction of sp³-hybridized carbons (Fsp3) is 0.688. The molecule has 0 radical (unpaired) electrons. The first kappa shape index (κ1) is 15.0. The van der Waals surface area contributed by atoms with Crippen molar-refractivity contribution < 1.29 is 9.90 Å². The molecule has 1 N–H and O–H groups in total. The molecule has 2 heteroatoms. The molecular weight excluding hydrogens is 224 g/mol. The number of carboxylic acid groups (broad SMARTS) is 1. The van der Waals surface area contributed by atoms with Crippen LogP contribution in [-0.4, -0.2) is 11.1 Å². The van der Waals surface area contributed by atoms with Crippen molar-refractivity contribution in [3.05, 3.63) is 23.3 Å². The van der Waals surface area contributed by atoms with Gasteiger partial charge in [0.2, 0.25) is 0 Å². The van der Waals surface area contributed by atoms with E-state index in [2.05, 4.69) is 27.7 Å². The monoisotopic (exact) mass is 250 g/mol. The first-order valence-corrected chi connectivity index (χ1v) is 6.93. The van der Waals surface area contributed by atoms with Gasteiger partial charge >= 0.3 is 5.97 Å². The third kappa shape index (κ3) is 4.32. The molecule has 0 saturated carbocycles. The van der Waals surface area contributed by atoms with Gasteiger partial charge in [0.25, 0.3) is 0 Å². The average molecular weight is 250 g/mol. The van der Waals surface area contributed by atoms with Crippen LogP contribution in [0.15, 0.2) is 23.3 Å². The Kier molecular flexibility index (Phi) is 5.18. The Hall–Kier alpha value is -1.05. The van der Waals surface area contributed by atoms with E-state index in [0.29, 0.717) is 11.3 Å². The van der Waals surface area contributed by atoms with E-state index in [1.807, 2.05) is 0 Å². The van der Waals surface area contributed by atoms with Gasteiger partial charge in [0.05, 0.1) is 0 Å². The maximum atomic E-state index is 10.5. The third-order valence-corrected chi connectivity index (χ3v) is 4.10. The zero-order valence-corrected chi connectivity index (χ0v) is 12.1. The molecule has 1 rings (SSSR count). The molecule has 0 aliphatic heterocycles. The molecule has 102 valence electrons. The molecule has 1 aliphatic rings. The van der Waals surface area contributed by atoms with Gasteiger partial charge in [-0.25, -0.2) is 4.79 Å². The Morgan fingerprint density at radius 2 is 2.17 bits per heavy atom. The van der Waals surface area contributed by atoms with Gasteiger partial charge in [-0.05, 0) is 50.4 Å². The minimum atomic E-state index is -0.852. The van der Waals surface area contributed by atoms with Crippen LogP contribution in [0.1, 0.15) is 59.8 Å². The van der Waals surface area contributed by atoms with Crippen molar-refractivity contribution in [3.63, 3.8) is 0 Å². The predicted molar refractivity (Wildman–Crippen MR) is 75.5 cm³/mol. The second-order valence-electron chi connectivity index (χ2n) is 6.21. The largest absolute Gasteiger partial charge is 0.478 e. The van der Waals surface area contributed by atoms with E-state index in [0.717, 1.165) is 12.8 Å². The molecule has 0 saturated heterocycles. The standard InChI is InChI=1S/C16H26O2/c1-12(8-10-15(17)18)7-9-14-13(2)6-5-11-16(14,3)4/h8,10,12H,5-7,9,11H2,1-4H3,(H,17,18). The summed E-state index contributed by atoms with van der Waals surface area (Å²) in [4.78, 5) is 10.5. The number of hydrogen-bond donors (Lipinski definition) is 1. The summed E-state index contributed by atoms with van der Waals surface area (Å²) in [7, 11) is 0. The molecular formula is C16H26O2. The molecule has 2 nitrogen and oxygen atoms in total. The van der Waals surface area contributed by atoms with Crippen LogP contribution < -0.4 is 0 Å². The molecule has 0 bridgehead atoms. The molecule has 0 aromatic carbocycles. The van der Waals surface area contributed by atoms with Crippen LogP contribution in [0.5, 0.6) is 0 Å². The zero-order chi connectivity index (χ0) is 13.8. The van der Waals surface area contributed by atoms with E-state index in [1.54, 1.807) is 17.2 Å². The average Bonchev–Trinajstić information content (AvgIpc) is 2.24. The van der Waals surface area contributed by atoms with Crippen molar-refractivity contribution in [2.45, 2.75) is 59.8 Å². The highest BCUT2D eigenvalue weighted by Crippen LogP contribution is 2.42. The van der Waals surface area contributed by atoms with Gasteiger partial charge in [-0.3, -0.25) is 0 Å². The topological polar surface area (TPSA) is 37.3 Å². The predicted octanol–water partition coefficient (Wildman–Crippen LogP) is 4.57. The Balaban J connectivity index is 2.59. The van der Waals surface area contributed by atoms with Crippen LogP contribution in [0, 0.1) is 11.3 Å². The van der Waals surface area contributed by atoms with E-state index in [4.69, 9.17) is 5.11 Å². The number of aliphatic carboxylic acids is 1. The quantitative estimate of drug-likeness (QED) is 0.573. The van der Waals surface area contributed by atoms with Crippen molar-refractivity contribution in [1.29, 1.82) is 0 Å². The minimum absolute atomic E-state index is 0.332. The fourth-order valence-corrected chi connectivity index (χ4v) is 2.94. The Morgan fingerprint density at radius 3 is 2.72 bits per heavy atom. The lowest BCUT2D eigenvalue weighted by atomic mass is 9.71. The third-order valence-electron chi connectivity index (χ3n) is 4.10. The van der Waals surface area contributed by atoms with Crippen LogP contribution in [-0.2, 0) is 4.79 Å². The summed E-state index contributed by atoms with van der Waals surface area (Å²) in [5.74, 6) is -0.519. The van der Waals surface area contributed by atoms with Gasteiger partial charge in [0.1, 0.15) is 0 Å². The number of carboxylic acids is 1. The van der Waals surface area contributed by atoms with E-state index < -0.39 is 5.97 Å². The summed E-state index contributed by atoms with van der Waals surface area (Å²) in [6, 6.07) is 0. The van der Waals surface area contributed by atoms with E-state index in [1.165, 1.54) is 25.3 Å². The molecule has 0 amide bonds. The molecule has 0 heterocycles. The van der Waals surface area contributed by atoms with Crippen molar-refractivity contribution in [2.24, 2.45) is 11.3 Å². The highest BCUT2D eigenvalue weighted by molar-refractivity contribution is 5.79. The van der Waals surface area contributed by atoms with E-state index in [9.17, 15) is 4.79 Å². The smallest absolute Gasteiger partial charge is 0.327 e. The summed E-state index contributed by atoms with van der Waals surface area (Å²) in [5, 5.41) is 8.61. The molecule has 0 aromatic rings. The van der Waals surface area contributed by atoms with Crippen LogP contribution >= 0.6 is 0 Å². The SMILES string of the molecule is CC1=C(CCC(C)C=CC(=O)O)C(C)(C)CCC1. The molecule has 0 fully saturated rings. The summed E-state index contributed by atoms with van der Waals surface area (Å²) in [6.45, 7) is 9.02. The summed E-state index contributed by atoms with van der Waals surface area (Å²) >= 11 is 0. The Bertz CT molecular complexity index is 361. The lowest BCUT2D eigenvalue weighted by Gasteiger charge is -2.35. The van der Waals surface area contributed by atoms with Gasteiger partial charge in [-0.15, -0.1) is 0 Å². The van der Waals surface area contributed by atoms with Crippen LogP contribution in [0.25, 0.3) is 0 Å². The number of rotatable bonds is 5. The molecule has 0 aromatic heterocycles. The Labute approximate surface area is 111 Å². The zero-order valence-electron chi connectivity index (χ0n) is 12.1. The lowest BCUT2D eigenvalue weighted by Crippen LogP contribution is -2.20. The first-order valence-electron chi connectivity index (χ1n) is 6.93. The van der Waals surface area contributed by atoms with Gasteiger partial charge in [-0.2, -0.15) is 0 Å². The van der Waals surface area contributed by atoms with Crippen molar-refractivity contribution in [2.75, 3.05) is 0 Å². The van der Waals surface area contributed by atoms with Crippen molar-refractivity contribution in [1.82, 2.24) is 0 Å². The minimum Gasteiger partial charge on any atom is -0.478 e. The molecule has 1 atom stereocenters.